The normalized spacial score (nSPS) is 14.8. The molecule has 1 rings (SSSR count). The molecule has 3 nitrogen and oxygen atoms in total. The molecule has 0 bridgehead atoms. The Balaban J connectivity index is 2.91. The van der Waals surface area contributed by atoms with Gasteiger partial charge in [0.15, 0.2) is 0 Å². The molecule has 0 heterocycles. The van der Waals surface area contributed by atoms with E-state index in [0.29, 0.717) is 19.6 Å². The lowest BCUT2D eigenvalue weighted by molar-refractivity contribution is -0.0430. The van der Waals surface area contributed by atoms with Gasteiger partial charge in [-0.05, 0) is 31.9 Å². The second-order valence-corrected chi connectivity index (χ2v) is 4.23. The third-order valence-corrected chi connectivity index (χ3v) is 2.73. The minimum absolute atomic E-state index is 0.302. The third kappa shape index (κ3) is 3.30. The number of hydrogen-bond acceptors (Lipinski definition) is 3. The predicted octanol–water partition coefficient (Wildman–Crippen LogP) is 1.57. The molecular weight excluding hydrogens is 202 g/mol. The van der Waals surface area contributed by atoms with Crippen molar-refractivity contribution in [1.82, 2.24) is 0 Å². The highest BCUT2D eigenvalue weighted by molar-refractivity contribution is 5.27. The predicted molar refractivity (Wildman–Crippen MR) is 65.2 cm³/mol. The quantitative estimate of drug-likeness (QED) is 0.769. The van der Waals surface area contributed by atoms with Gasteiger partial charge in [0.2, 0.25) is 0 Å². The summed E-state index contributed by atoms with van der Waals surface area (Å²) >= 11 is 0. The van der Waals surface area contributed by atoms with Crippen molar-refractivity contribution >= 4 is 0 Å². The summed E-state index contributed by atoms with van der Waals surface area (Å²) in [5.41, 5.74) is 6.62. The van der Waals surface area contributed by atoms with Crippen molar-refractivity contribution < 1.29 is 9.84 Å². The Hall–Kier alpha value is -0.900. The van der Waals surface area contributed by atoms with Crippen LogP contribution in [0.5, 0.6) is 0 Å². The zero-order valence-corrected chi connectivity index (χ0v) is 10.1. The van der Waals surface area contributed by atoms with Gasteiger partial charge in [0.25, 0.3) is 0 Å². The number of nitrogens with two attached hydrogens (primary N) is 1. The highest BCUT2D eigenvalue weighted by Crippen LogP contribution is 2.27. The van der Waals surface area contributed by atoms with Gasteiger partial charge in [-0.3, -0.25) is 0 Å². The topological polar surface area (TPSA) is 55.5 Å². The first-order chi connectivity index (χ1) is 7.62. The van der Waals surface area contributed by atoms with E-state index in [0.717, 1.165) is 17.5 Å². The Morgan fingerprint density at radius 2 is 2.19 bits per heavy atom. The maximum atomic E-state index is 10.6. The average molecular weight is 223 g/mol. The van der Waals surface area contributed by atoms with Gasteiger partial charge in [-0.15, -0.1) is 0 Å². The van der Waals surface area contributed by atoms with Crippen molar-refractivity contribution in [2.75, 3.05) is 20.3 Å². The monoisotopic (exact) mass is 223 g/mol. The van der Waals surface area contributed by atoms with Gasteiger partial charge in [-0.25, -0.2) is 0 Å². The Labute approximate surface area is 97.2 Å². The molecule has 90 valence electrons. The first kappa shape index (κ1) is 13.2. The Bertz CT molecular complexity index is 327. The molecule has 0 saturated carbocycles. The second-order valence-electron chi connectivity index (χ2n) is 4.23. The van der Waals surface area contributed by atoms with E-state index in [1.54, 1.807) is 7.11 Å². The summed E-state index contributed by atoms with van der Waals surface area (Å²) in [6.07, 6.45) is 1.41. The summed E-state index contributed by atoms with van der Waals surface area (Å²) in [6.45, 7) is 2.90. The van der Waals surface area contributed by atoms with Gasteiger partial charge in [0, 0.05) is 7.11 Å². The number of ether oxygens (including phenoxy) is 1. The minimum Gasteiger partial charge on any atom is -0.383 e. The van der Waals surface area contributed by atoms with E-state index in [1.165, 1.54) is 0 Å². The fourth-order valence-corrected chi connectivity index (χ4v) is 1.87. The first-order valence-electron chi connectivity index (χ1n) is 5.61. The van der Waals surface area contributed by atoms with Gasteiger partial charge in [-0.2, -0.15) is 0 Å². The lowest BCUT2D eigenvalue weighted by atomic mass is 9.89. The maximum Gasteiger partial charge on any atom is 0.113 e. The number of aliphatic hydroxyl groups is 1. The summed E-state index contributed by atoms with van der Waals surface area (Å²) in [6, 6.07) is 7.89. The number of benzene rings is 1. The molecule has 0 amide bonds. The molecule has 3 heteroatoms. The number of hydrogen-bond donors (Lipinski definition) is 2. The van der Waals surface area contributed by atoms with Crippen LogP contribution in [0, 0.1) is 6.92 Å². The molecule has 0 aliphatic rings. The standard InChI is InChI=1S/C13H21NO2/c1-11-5-3-6-12(9-11)13(15,10-16-2)7-4-8-14/h3,5-6,9,15H,4,7-8,10,14H2,1-2H3. The van der Waals surface area contributed by atoms with Crippen LogP contribution in [-0.4, -0.2) is 25.4 Å². The Kier molecular flexibility index (Phi) is 4.93. The summed E-state index contributed by atoms with van der Waals surface area (Å²) in [5.74, 6) is 0. The zero-order chi connectivity index (χ0) is 12.0. The van der Waals surface area contributed by atoms with Crippen LogP contribution >= 0.6 is 0 Å². The highest BCUT2D eigenvalue weighted by Gasteiger charge is 2.28. The summed E-state index contributed by atoms with van der Waals surface area (Å²) in [4.78, 5) is 0. The molecule has 16 heavy (non-hydrogen) atoms. The van der Waals surface area contributed by atoms with Crippen molar-refractivity contribution in [3.8, 4) is 0 Å². The number of aryl methyl sites for hydroxylation is 1. The zero-order valence-electron chi connectivity index (χ0n) is 10.1. The van der Waals surface area contributed by atoms with E-state index in [1.807, 2.05) is 31.2 Å². The SMILES string of the molecule is COCC(O)(CCCN)c1cccc(C)c1. The van der Waals surface area contributed by atoms with Crippen molar-refractivity contribution in [3.63, 3.8) is 0 Å². The lowest BCUT2D eigenvalue weighted by Crippen LogP contribution is -2.32. The first-order valence-corrected chi connectivity index (χ1v) is 5.61. The molecule has 1 unspecified atom stereocenters. The van der Waals surface area contributed by atoms with Crippen LogP contribution in [0.25, 0.3) is 0 Å². The van der Waals surface area contributed by atoms with Crippen molar-refractivity contribution in [2.45, 2.75) is 25.4 Å². The lowest BCUT2D eigenvalue weighted by Gasteiger charge is -2.28. The number of rotatable bonds is 6. The molecule has 1 atom stereocenters. The molecule has 0 saturated heterocycles. The summed E-state index contributed by atoms with van der Waals surface area (Å²) in [5, 5.41) is 10.6. The van der Waals surface area contributed by atoms with Gasteiger partial charge < -0.3 is 15.6 Å². The largest absolute Gasteiger partial charge is 0.383 e. The van der Waals surface area contributed by atoms with Crippen LogP contribution in [0.3, 0.4) is 0 Å². The fraction of sp³-hybridized carbons (Fsp3) is 0.538. The molecule has 3 N–H and O–H groups in total. The third-order valence-electron chi connectivity index (χ3n) is 2.73. The van der Waals surface area contributed by atoms with Gasteiger partial charge >= 0.3 is 0 Å². The van der Waals surface area contributed by atoms with E-state index < -0.39 is 5.60 Å². The average Bonchev–Trinajstić information content (AvgIpc) is 2.27. The number of methoxy groups -OCH3 is 1. The van der Waals surface area contributed by atoms with E-state index in [9.17, 15) is 5.11 Å². The molecule has 0 aliphatic heterocycles. The highest BCUT2D eigenvalue weighted by atomic mass is 16.5. The van der Waals surface area contributed by atoms with E-state index in [-0.39, 0.29) is 0 Å². The van der Waals surface area contributed by atoms with E-state index in [2.05, 4.69) is 0 Å². The van der Waals surface area contributed by atoms with Crippen LogP contribution in [-0.2, 0) is 10.3 Å². The van der Waals surface area contributed by atoms with Crippen LogP contribution in [0.1, 0.15) is 24.0 Å². The van der Waals surface area contributed by atoms with E-state index >= 15 is 0 Å². The Morgan fingerprint density at radius 1 is 1.44 bits per heavy atom. The Morgan fingerprint density at radius 3 is 2.75 bits per heavy atom. The van der Waals surface area contributed by atoms with Gasteiger partial charge in [0.05, 0.1) is 6.61 Å². The summed E-state index contributed by atoms with van der Waals surface area (Å²) < 4.78 is 5.11. The van der Waals surface area contributed by atoms with E-state index in [4.69, 9.17) is 10.5 Å². The molecule has 0 spiro atoms. The second kappa shape index (κ2) is 5.99. The molecule has 0 aliphatic carbocycles. The van der Waals surface area contributed by atoms with Crippen molar-refractivity contribution in [1.29, 1.82) is 0 Å². The molecular formula is C13H21NO2. The van der Waals surface area contributed by atoms with Crippen LogP contribution in [0.2, 0.25) is 0 Å². The molecule has 1 aromatic carbocycles. The summed E-state index contributed by atoms with van der Waals surface area (Å²) in [7, 11) is 1.60. The molecule has 0 aromatic heterocycles. The van der Waals surface area contributed by atoms with Crippen molar-refractivity contribution in [2.24, 2.45) is 5.73 Å². The fourth-order valence-electron chi connectivity index (χ4n) is 1.87. The molecule has 0 fully saturated rings. The van der Waals surface area contributed by atoms with Gasteiger partial charge in [-0.1, -0.05) is 29.8 Å². The minimum atomic E-state index is -0.917. The van der Waals surface area contributed by atoms with Crippen LogP contribution in [0.15, 0.2) is 24.3 Å². The molecule has 0 radical (unpaired) electrons. The van der Waals surface area contributed by atoms with Crippen LogP contribution < -0.4 is 5.73 Å². The van der Waals surface area contributed by atoms with Crippen LogP contribution in [0.4, 0.5) is 0 Å². The maximum absolute atomic E-state index is 10.6. The van der Waals surface area contributed by atoms with Crippen molar-refractivity contribution in [3.05, 3.63) is 35.4 Å². The molecule has 1 aromatic rings. The van der Waals surface area contributed by atoms with Gasteiger partial charge in [0.1, 0.15) is 5.60 Å². The smallest absolute Gasteiger partial charge is 0.113 e.